The van der Waals surface area contributed by atoms with Crippen molar-refractivity contribution in [3.8, 4) is 16.2 Å². The number of benzene rings is 1. The zero-order valence-corrected chi connectivity index (χ0v) is 16.8. The average molecular weight is 398 g/mol. The van der Waals surface area contributed by atoms with E-state index in [-0.39, 0.29) is 11.9 Å². The van der Waals surface area contributed by atoms with Gasteiger partial charge in [-0.25, -0.2) is 4.99 Å². The lowest BCUT2D eigenvalue weighted by molar-refractivity contribution is -0.139. The molecule has 5 rings (SSSR count). The molecule has 0 radical (unpaired) electrons. The van der Waals surface area contributed by atoms with Gasteiger partial charge in [0.1, 0.15) is 11.4 Å². The molecule has 7 heteroatoms. The molecule has 1 saturated heterocycles. The lowest BCUT2D eigenvalue weighted by Crippen LogP contribution is -2.55. The molecule has 2 unspecified atom stereocenters. The molecule has 28 heavy (non-hydrogen) atoms. The third-order valence-corrected chi connectivity index (χ3v) is 7.00. The van der Waals surface area contributed by atoms with Gasteiger partial charge in [0.2, 0.25) is 0 Å². The molecule has 1 amide bonds. The van der Waals surface area contributed by atoms with Gasteiger partial charge in [-0.05, 0) is 55.7 Å². The molecule has 0 saturated carbocycles. The minimum Gasteiger partial charge on any atom is -0.484 e. The van der Waals surface area contributed by atoms with Crippen LogP contribution in [0.4, 0.5) is 0 Å². The first-order chi connectivity index (χ1) is 13.4. The Hall–Kier alpha value is -2.38. The van der Waals surface area contributed by atoms with Crippen LogP contribution in [0.2, 0.25) is 0 Å². The summed E-state index contributed by atoms with van der Waals surface area (Å²) in [6.45, 7) is 3.28. The molecule has 2 spiro atoms. The maximum atomic E-state index is 13.4. The van der Waals surface area contributed by atoms with Gasteiger partial charge in [-0.2, -0.15) is 0 Å². The van der Waals surface area contributed by atoms with Crippen molar-refractivity contribution in [1.29, 1.82) is 0 Å². The van der Waals surface area contributed by atoms with Gasteiger partial charge in [0.05, 0.1) is 6.61 Å². The van der Waals surface area contributed by atoms with Gasteiger partial charge >= 0.3 is 0 Å². The maximum absolute atomic E-state index is 13.4. The van der Waals surface area contributed by atoms with Gasteiger partial charge in [-0.3, -0.25) is 9.69 Å². The lowest BCUT2D eigenvalue weighted by Gasteiger charge is -2.46. The van der Waals surface area contributed by atoms with Crippen LogP contribution < -0.4 is 10.5 Å². The summed E-state index contributed by atoms with van der Waals surface area (Å²) in [6, 6.07) is 10.3. The summed E-state index contributed by atoms with van der Waals surface area (Å²) in [7, 11) is 1.68. The Bertz CT molecular complexity index is 993. The van der Waals surface area contributed by atoms with Crippen molar-refractivity contribution in [3.63, 3.8) is 0 Å². The molecule has 1 aromatic heterocycles. The standard InChI is InChI=1S/C21H23N3O3S/c1-13-4-7-17(28-13)14-5-6-16-15(10-14)21(18(25)24(2)19(22)23-21)11-20(27-16)8-3-9-26-12-20/h4-7,10H,3,8-9,11-12H2,1-2H3,(H2,22,23). The van der Waals surface area contributed by atoms with Gasteiger partial charge in [-0.1, -0.05) is 0 Å². The number of fused-ring (bicyclic) bond motifs is 2. The van der Waals surface area contributed by atoms with E-state index in [0.717, 1.165) is 35.5 Å². The summed E-state index contributed by atoms with van der Waals surface area (Å²) in [6.07, 6.45) is 2.19. The largest absolute Gasteiger partial charge is 0.484 e. The molecule has 3 aliphatic rings. The van der Waals surface area contributed by atoms with Gasteiger partial charge in [0, 0.05) is 35.4 Å². The zero-order chi connectivity index (χ0) is 19.5. The number of amides is 1. The average Bonchev–Trinajstić information content (AvgIpc) is 3.20. The Kier molecular flexibility index (Phi) is 3.83. The van der Waals surface area contributed by atoms with Gasteiger partial charge in [0.25, 0.3) is 5.91 Å². The zero-order valence-electron chi connectivity index (χ0n) is 16.0. The normalized spacial score (nSPS) is 29.1. The second kappa shape index (κ2) is 6.06. The Morgan fingerprint density at radius 3 is 2.79 bits per heavy atom. The third-order valence-electron chi connectivity index (χ3n) is 5.95. The summed E-state index contributed by atoms with van der Waals surface area (Å²) in [5.74, 6) is 0.857. The number of likely N-dealkylation sites (N-methyl/N-ethyl adjacent to an activating group) is 1. The predicted molar refractivity (Wildman–Crippen MR) is 109 cm³/mol. The highest BCUT2D eigenvalue weighted by Gasteiger charge is 2.58. The van der Waals surface area contributed by atoms with Crippen LogP contribution in [0.15, 0.2) is 35.3 Å². The second-order valence-electron chi connectivity index (χ2n) is 7.93. The predicted octanol–water partition coefficient (Wildman–Crippen LogP) is 3.04. The molecular weight excluding hydrogens is 374 g/mol. The van der Waals surface area contributed by atoms with E-state index in [1.807, 2.05) is 12.1 Å². The minimum atomic E-state index is -1.05. The van der Waals surface area contributed by atoms with Crippen LogP contribution in [-0.4, -0.2) is 42.6 Å². The number of rotatable bonds is 1. The lowest BCUT2D eigenvalue weighted by atomic mass is 9.74. The van der Waals surface area contributed by atoms with E-state index >= 15 is 0 Å². The van der Waals surface area contributed by atoms with E-state index < -0.39 is 11.1 Å². The summed E-state index contributed by atoms with van der Waals surface area (Å²) < 4.78 is 12.2. The van der Waals surface area contributed by atoms with E-state index in [0.29, 0.717) is 18.8 Å². The minimum absolute atomic E-state index is 0.0981. The number of nitrogens with two attached hydrogens (primary N) is 1. The van der Waals surface area contributed by atoms with E-state index in [2.05, 4.69) is 25.1 Å². The molecule has 1 aromatic carbocycles. The number of aliphatic imine (C=N–C) groups is 1. The smallest absolute Gasteiger partial charge is 0.261 e. The van der Waals surface area contributed by atoms with Crippen molar-refractivity contribution < 1.29 is 14.3 Å². The van der Waals surface area contributed by atoms with E-state index in [4.69, 9.17) is 20.2 Å². The summed E-state index contributed by atoms with van der Waals surface area (Å²) >= 11 is 1.73. The van der Waals surface area contributed by atoms with Crippen molar-refractivity contribution in [1.82, 2.24) is 4.90 Å². The van der Waals surface area contributed by atoms with Crippen LogP contribution in [0.25, 0.3) is 10.4 Å². The van der Waals surface area contributed by atoms with Crippen LogP contribution in [0.5, 0.6) is 5.75 Å². The maximum Gasteiger partial charge on any atom is 0.261 e. The molecule has 1 fully saturated rings. The van der Waals surface area contributed by atoms with Gasteiger partial charge in [0.15, 0.2) is 11.5 Å². The monoisotopic (exact) mass is 397 g/mol. The number of nitrogens with zero attached hydrogens (tertiary/aromatic N) is 2. The Morgan fingerprint density at radius 1 is 1.29 bits per heavy atom. The number of hydrogen-bond donors (Lipinski definition) is 1. The topological polar surface area (TPSA) is 77.2 Å². The number of carbonyl (C=O) groups is 1. The highest BCUT2D eigenvalue weighted by molar-refractivity contribution is 7.15. The molecule has 4 heterocycles. The quantitative estimate of drug-likeness (QED) is 0.802. The summed E-state index contributed by atoms with van der Waals surface area (Å²) in [4.78, 5) is 21.9. The fourth-order valence-corrected chi connectivity index (χ4v) is 5.42. The first kappa shape index (κ1) is 17.7. The summed E-state index contributed by atoms with van der Waals surface area (Å²) in [5.41, 5.74) is 6.35. The van der Waals surface area contributed by atoms with Gasteiger partial charge in [-0.15, -0.1) is 11.3 Å². The van der Waals surface area contributed by atoms with E-state index in [9.17, 15) is 4.79 Å². The fourth-order valence-electron chi connectivity index (χ4n) is 4.55. The van der Waals surface area contributed by atoms with Crippen molar-refractivity contribution in [2.75, 3.05) is 20.3 Å². The van der Waals surface area contributed by atoms with Crippen LogP contribution in [0, 0.1) is 6.92 Å². The van der Waals surface area contributed by atoms with Crippen molar-refractivity contribution in [2.45, 2.75) is 37.3 Å². The van der Waals surface area contributed by atoms with Crippen LogP contribution in [0.3, 0.4) is 0 Å². The number of ether oxygens (including phenoxy) is 2. The molecule has 3 aliphatic heterocycles. The molecule has 0 aliphatic carbocycles. The number of guanidine groups is 1. The van der Waals surface area contributed by atoms with Crippen LogP contribution >= 0.6 is 11.3 Å². The Balaban J connectivity index is 1.69. The second-order valence-corrected chi connectivity index (χ2v) is 9.22. The number of carbonyl (C=O) groups excluding carboxylic acids is 1. The number of aryl methyl sites for hydroxylation is 1. The van der Waals surface area contributed by atoms with Crippen molar-refractivity contribution in [3.05, 3.63) is 40.8 Å². The molecule has 2 N–H and O–H groups in total. The number of hydrogen-bond acceptors (Lipinski definition) is 6. The van der Waals surface area contributed by atoms with E-state index in [1.165, 1.54) is 9.78 Å². The van der Waals surface area contributed by atoms with Crippen molar-refractivity contribution >= 4 is 23.2 Å². The highest BCUT2D eigenvalue weighted by atomic mass is 32.1. The molecular formula is C21H23N3O3S. The van der Waals surface area contributed by atoms with Gasteiger partial charge < -0.3 is 15.2 Å². The highest BCUT2D eigenvalue weighted by Crippen LogP contribution is 2.52. The molecule has 0 bridgehead atoms. The fraction of sp³-hybridized carbons (Fsp3) is 0.429. The first-order valence-corrected chi connectivity index (χ1v) is 10.4. The third kappa shape index (κ3) is 2.49. The SMILES string of the molecule is Cc1ccc(-c2ccc3c(c2)C2(CC4(CCCOC4)O3)N=C(N)N(C)C2=O)s1. The van der Waals surface area contributed by atoms with E-state index in [1.54, 1.807) is 18.4 Å². The van der Waals surface area contributed by atoms with Crippen molar-refractivity contribution in [2.24, 2.45) is 10.7 Å². The summed E-state index contributed by atoms with van der Waals surface area (Å²) in [5, 5.41) is 0. The Labute approximate surface area is 168 Å². The Morgan fingerprint density at radius 2 is 2.14 bits per heavy atom. The van der Waals surface area contributed by atoms with Crippen LogP contribution in [-0.2, 0) is 15.1 Å². The van der Waals surface area contributed by atoms with Crippen LogP contribution in [0.1, 0.15) is 29.7 Å². The molecule has 6 nitrogen and oxygen atoms in total. The molecule has 2 aromatic rings. The molecule has 2 atom stereocenters. The molecule has 146 valence electrons. The number of thiophene rings is 1. The first-order valence-electron chi connectivity index (χ1n) is 9.54.